The van der Waals surface area contributed by atoms with Gasteiger partial charge in [-0.15, -0.1) is 0 Å². The molecule has 0 saturated carbocycles. The van der Waals surface area contributed by atoms with Crippen molar-refractivity contribution in [3.8, 4) is 11.5 Å². The van der Waals surface area contributed by atoms with Crippen molar-refractivity contribution in [2.45, 2.75) is 24.8 Å². The Bertz CT molecular complexity index is 1220. The van der Waals surface area contributed by atoms with E-state index >= 15 is 0 Å². The van der Waals surface area contributed by atoms with Gasteiger partial charge in [-0.3, -0.25) is 4.79 Å². The standard InChI is InChI=1S/C26H23F2NO5/c1-33-22-9-6-17(13-23(22)34-11-10-16-12-20(27)7-8-21(16)28)24(30)29-26(25(31)32)14-18-4-2-3-5-19(18)15-26/h2-9,12-13H,10-11,14-15H2,1H3,(H,29,30)(H,31,32). The number of carboxylic acid groups (broad SMARTS) is 1. The lowest BCUT2D eigenvalue weighted by Crippen LogP contribution is -2.55. The van der Waals surface area contributed by atoms with Crippen molar-refractivity contribution in [3.05, 3.63) is 94.6 Å². The van der Waals surface area contributed by atoms with Crippen LogP contribution >= 0.6 is 0 Å². The third kappa shape index (κ3) is 4.71. The summed E-state index contributed by atoms with van der Waals surface area (Å²) < 4.78 is 38.2. The molecule has 0 heterocycles. The van der Waals surface area contributed by atoms with E-state index in [9.17, 15) is 23.5 Å². The monoisotopic (exact) mass is 467 g/mol. The lowest BCUT2D eigenvalue weighted by molar-refractivity contribution is -0.144. The van der Waals surface area contributed by atoms with Crippen molar-refractivity contribution in [2.75, 3.05) is 13.7 Å². The van der Waals surface area contributed by atoms with Crippen molar-refractivity contribution in [2.24, 2.45) is 0 Å². The fourth-order valence-electron chi connectivity index (χ4n) is 4.13. The lowest BCUT2D eigenvalue weighted by atomic mass is 9.95. The molecule has 3 aromatic rings. The molecule has 1 aliphatic rings. The zero-order valence-electron chi connectivity index (χ0n) is 18.4. The number of benzene rings is 3. The topological polar surface area (TPSA) is 84.9 Å². The van der Waals surface area contributed by atoms with Gasteiger partial charge in [-0.2, -0.15) is 0 Å². The van der Waals surface area contributed by atoms with Crippen molar-refractivity contribution in [1.29, 1.82) is 0 Å². The van der Waals surface area contributed by atoms with Crippen molar-refractivity contribution >= 4 is 11.9 Å². The van der Waals surface area contributed by atoms with Gasteiger partial charge in [-0.25, -0.2) is 13.6 Å². The van der Waals surface area contributed by atoms with E-state index in [2.05, 4.69) is 5.32 Å². The highest BCUT2D eigenvalue weighted by Crippen LogP contribution is 2.32. The first kappa shape index (κ1) is 23.2. The summed E-state index contributed by atoms with van der Waals surface area (Å²) in [7, 11) is 1.43. The maximum atomic E-state index is 13.9. The maximum absolute atomic E-state index is 13.9. The Morgan fingerprint density at radius 1 is 1.00 bits per heavy atom. The van der Waals surface area contributed by atoms with Crippen LogP contribution in [-0.2, 0) is 24.1 Å². The Hall–Kier alpha value is -3.94. The summed E-state index contributed by atoms with van der Waals surface area (Å²) in [5.41, 5.74) is 0.667. The van der Waals surface area contributed by atoms with Gasteiger partial charge in [0.05, 0.1) is 13.7 Å². The third-order valence-corrected chi connectivity index (χ3v) is 5.93. The van der Waals surface area contributed by atoms with Crippen molar-refractivity contribution in [3.63, 3.8) is 0 Å². The van der Waals surface area contributed by atoms with Gasteiger partial charge in [0.2, 0.25) is 0 Å². The zero-order chi connectivity index (χ0) is 24.3. The van der Waals surface area contributed by atoms with Crippen LogP contribution in [0.2, 0.25) is 0 Å². The highest BCUT2D eigenvalue weighted by atomic mass is 19.1. The summed E-state index contributed by atoms with van der Waals surface area (Å²) in [6.45, 7) is 0.0101. The molecule has 0 radical (unpaired) electrons. The van der Waals surface area contributed by atoms with Gasteiger partial charge in [0, 0.05) is 24.8 Å². The van der Waals surface area contributed by atoms with E-state index in [1.54, 1.807) is 0 Å². The maximum Gasteiger partial charge on any atom is 0.330 e. The van der Waals surface area contributed by atoms with Crippen LogP contribution in [0.3, 0.4) is 0 Å². The Balaban J connectivity index is 1.50. The van der Waals surface area contributed by atoms with Gasteiger partial charge < -0.3 is 19.9 Å². The molecule has 0 aromatic heterocycles. The molecule has 0 spiro atoms. The van der Waals surface area contributed by atoms with Crippen LogP contribution in [0.15, 0.2) is 60.7 Å². The largest absolute Gasteiger partial charge is 0.493 e. The van der Waals surface area contributed by atoms with Gasteiger partial charge in [0.1, 0.15) is 17.2 Å². The number of carbonyl (C=O) groups is 2. The molecule has 0 aliphatic heterocycles. The number of carbonyl (C=O) groups excluding carboxylic acids is 1. The molecule has 34 heavy (non-hydrogen) atoms. The minimum absolute atomic E-state index is 0.0101. The molecule has 8 heteroatoms. The smallest absolute Gasteiger partial charge is 0.330 e. The summed E-state index contributed by atoms with van der Waals surface area (Å²) >= 11 is 0. The first-order valence-corrected chi connectivity index (χ1v) is 10.7. The minimum Gasteiger partial charge on any atom is -0.493 e. The van der Waals surface area contributed by atoms with E-state index in [4.69, 9.17) is 9.47 Å². The number of rotatable bonds is 8. The van der Waals surface area contributed by atoms with E-state index in [0.29, 0.717) is 5.75 Å². The van der Waals surface area contributed by atoms with Crippen LogP contribution in [-0.4, -0.2) is 36.2 Å². The normalized spacial score (nSPS) is 13.7. The molecule has 0 saturated heterocycles. The van der Waals surface area contributed by atoms with Crippen LogP contribution in [0.25, 0.3) is 0 Å². The fourth-order valence-corrected chi connectivity index (χ4v) is 4.13. The second kappa shape index (κ2) is 9.51. The average Bonchev–Trinajstić information content (AvgIpc) is 3.20. The predicted octanol–water partition coefficient (Wildman–Crippen LogP) is 3.95. The summed E-state index contributed by atoms with van der Waals surface area (Å²) in [4.78, 5) is 25.2. The van der Waals surface area contributed by atoms with E-state index in [1.807, 2.05) is 24.3 Å². The average molecular weight is 467 g/mol. The van der Waals surface area contributed by atoms with Crippen molar-refractivity contribution in [1.82, 2.24) is 5.32 Å². The van der Waals surface area contributed by atoms with Gasteiger partial charge in [0.25, 0.3) is 5.91 Å². The number of fused-ring (bicyclic) bond motifs is 1. The molecule has 0 fully saturated rings. The number of aliphatic carboxylic acids is 1. The zero-order valence-corrected chi connectivity index (χ0v) is 18.4. The molecule has 3 aromatic carbocycles. The highest BCUT2D eigenvalue weighted by molar-refractivity contribution is 5.99. The van der Waals surface area contributed by atoms with Crippen LogP contribution < -0.4 is 14.8 Å². The Labute approximate surface area is 195 Å². The number of hydrogen-bond acceptors (Lipinski definition) is 4. The van der Waals surface area contributed by atoms with E-state index in [-0.39, 0.29) is 42.7 Å². The summed E-state index contributed by atoms with van der Waals surface area (Å²) in [5.74, 6) is -2.20. The highest BCUT2D eigenvalue weighted by Gasteiger charge is 2.45. The second-order valence-electron chi connectivity index (χ2n) is 8.16. The molecule has 1 amide bonds. The first-order chi connectivity index (χ1) is 16.3. The number of nitrogens with one attached hydrogen (secondary N) is 1. The quantitative estimate of drug-likeness (QED) is 0.524. The molecule has 1 aliphatic carbocycles. The molecule has 0 unspecified atom stereocenters. The number of methoxy groups -OCH3 is 1. The van der Waals surface area contributed by atoms with Gasteiger partial charge in [-0.05, 0) is 53.1 Å². The summed E-state index contributed by atoms with van der Waals surface area (Å²) in [6, 6.07) is 15.0. The Morgan fingerprint density at radius 3 is 2.35 bits per heavy atom. The molecule has 176 valence electrons. The van der Waals surface area contributed by atoms with Crippen LogP contribution in [0.4, 0.5) is 8.78 Å². The van der Waals surface area contributed by atoms with Crippen LogP contribution in [0.5, 0.6) is 11.5 Å². The van der Waals surface area contributed by atoms with E-state index in [0.717, 1.165) is 29.3 Å². The number of ether oxygens (including phenoxy) is 2. The molecule has 6 nitrogen and oxygen atoms in total. The van der Waals surface area contributed by atoms with Crippen molar-refractivity contribution < 1.29 is 33.0 Å². The molecular formula is C26H23F2NO5. The minimum atomic E-state index is -1.45. The first-order valence-electron chi connectivity index (χ1n) is 10.7. The Morgan fingerprint density at radius 2 is 1.71 bits per heavy atom. The summed E-state index contributed by atoms with van der Waals surface area (Å²) in [5, 5.41) is 12.6. The van der Waals surface area contributed by atoms with Gasteiger partial charge in [-0.1, -0.05) is 24.3 Å². The molecular weight excluding hydrogens is 444 g/mol. The van der Waals surface area contributed by atoms with Crippen LogP contribution in [0.1, 0.15) is 27.0 Å². The lowest BCUT2D eigenvalue weighted by Gasteiger charge is -2.25. The van der Waals surface area contributed by atoms with Gasteiger partial charge >= 0.3 is 5.97 Å². The summed E-state index contributed by atoms with van der Waals surface area (Å²) in [6.07, 6.45) is 0.468. The number of hydrogen-bond donors (Lipinski definition) is 2. The van der Waals surface area contributed by atoms with E-state index in [1.165, 1.54) is 25.3 Å². The van der Waals surface area contributed by atoms with E-state index < -0.39 is 29.0 Å². The van der Waals surface area contributed by atoms with Gasteiger partial charge in [0.15, 0.2) is 11.5 Å². The molecule has 0 atom stereocenters. The third-order valence-electron chi connectivity index (χ3n) is 5.93. The molecule has 2 N–H and O–H groups in total. The number of carboxylic acids is 1. The number of halogens is 2. The molecule has 0 bridgehead atoms. The second-order valence-corrected chi connectivity index (χ2v) is 8.16. The fraction of sp³-hybridized carbons (Fsp3) is 0.231. The predicted molar refractivity (Wildman–Crippen MR) is 120 cm³/mol. The SMILES string of the molecule is COc1ccc(C(=O)NC2(C(=O)O)Cc3ccccc3C2)cc1OCCc1cc(F)ccc1F. The molecule has 4 rings (SSSR count). The Kier molecular flexibility index (Phi) is 6.49. The van der Waals surface area contributed by atoms with Crippen LogP contribution in [0, 0.1) is 11.6 Å². The number of amides is 1.